The van der Waals surface area contributed by atoms with Gasteiger partial charge in [0.05, 0.1) is 0 Å². The molecule has 0 aromatic heterocycles. The number of nitrogens with zero attached hydrogens (tertiary/aromatic N) is 1. The van der Waals surface area contributed by atoms with Gasteiger partial charge in [-0.2, -0.15) is 0 Å². The van der Waals surface area contributed by atoms with Gasteiger partial charge in [-0.25, -0.2) is 0 Å². The summed E-state index contributed by atoms with van der Waals surface area (Å²) in [5.41, 5.74) is 2.59. The van der Waals surface area contributed by atoms with E-state index >= 15 is 0 Å². The molecule has 1 N–H and O–H groups in total. The summed E-state index contributed by atoms with van der Waals surface area (Å²) in [6.45, 7) is 7.10. The van der Waals surface area contributed by atoms with Crippen molar-refractivity contribution in [2.24, 2.45) is 11.8 Å². The Morgan fingerprint density at radius 3 is 2.37 bits per heavy atom. The monoisotopic (exact) mass is 258 g/mol. The van der Waals surface area contributed by atoms with Crippen molar-refractivity contribution in [1.82, 2.24) is 4.90 Å². The minimum atomic E-state index is 1.01. The summed E-state index contributed by atoms with van der Waals surface area (Å²) in [5.74, 6) is 2.02. The predicted octanol–water partition coefficient (Wildman–Crippen LogP) is 3.53. The van der Waals surface area contributed by atoms with E-state index in [0.717, 1.165) is 18.4 Å². The Kier molecular flexibility index (Phi) is 4.07. The molecule has 0 spiro atoms. The first-order valence-electron chi connectivity index (χ1n) is 7.82. The molecular formula is C17H26N2. The fourth-order valence-corrected chi connectivity index (χ4v) is 2.70. The zero-order valence-electron chi connectivity index (χ0n) is 12.1. The molecule has 0 saturated heterocycles. The van der Waals surface area contributed by atoms with Gasteiger partial charge in [-0.1, -0.05) is 12.1 Å². The van der Waals surface area contributed by atoms with E-state index in [1.54, 1.807) is 0 Å². The summed E-state index contributed by atoms with van der Waals surface area (Å²) in [6.07, 6.45) is 5.86. The van der Waals surface area contributed by atoms with Gasteiger partial charge in [0, 0.05) is 31.9 Å². The Hall–Kier alpha value is -1.02. The van der Waals surface area contributed by atoms with Crippen molar-refractivity contribution in [2.75, 3.05) is 31.5 Å². The van der Waals surface area contributed by atoms with Crippen molar-refractivity contribution < 1.29 is 0 Å². The van der Waals surface area contributed by atoms with Gasteiger partial charge < -0.3 is 10.2 Å². The molecule has 3 rings (SSSR count). The Morgan fingerprint density at radius 2 is 1.79 bits per heavy atom. The molecule has 1 aromatic carbocycles. The van der Waals surface area contributed by atoms with Gasteiger partial charge in [0.1, 0.15) is 0 Å². The quantitative estimate of drug-likeness (QED) is 0.767. The first-order valence-corrected chi connectivity index (χ1v) is 7.82. The highest BCUT2D eigenvalue weighted by molar-refractivity contribution is 5.45. The lowest BCUT2D eigenvalue weighted by Gasteiger charge is -2.22. The van der Waals surface area contributed by atoms with Crippen molar-refractivity contribution in [3.05, 3.63) is 29.8 Å². The Morgan fingerprint density at radius 1 is 1.11 bits per heavy atom. The van der Waals surface area contributed by atoms with Crippen LogP contribution >= 0.6 is 0 Å². The molecule has 0 radical (unpaired) electrons. The average Bonchev–Trinajstić information content (AvgIpc) is 3.25. The molecule has 0 heterocycles. The molecule has 0 unspecified atom stereocenters. The normalized spacial score (nSPS) is 18.8. The van der Waals surface area contributed by atoms with E-state index in [4.69, 9.17) is 0 Å². The van der Waals surface area contributed by atoms with E-state index in [2.05, 4.69) is 41.4 Å². The molecule has 0 atom stereocenters. The zero-order valence-corrected chi connectivity index (χ0v) is 12.1. The van der Waals surface area contributed by atoms with Gasteiger partial charge in [0.15, 0.2) is 0 Å². The van der Waals surface area contributed by atoms with E-state index in [1.807, 2.05) is 0 Å². The van der Waals surface area contributed by atoms with Crippen molar-refractivity contribution in [3.8, 4) is 0 Å². The molecule has 0 aliphatic heterocycles. The number of aryl methyl sites for hydroxylation is 1. The highest BCUT2D eigenvalue weighted by Gasteiger charge is 2.28. The number of anilines is 1. The molecule has 2 nitrogen and oxygen atoms in total. The molecule has 2 heteroatoms. The molecule has 2 saturated carbocycles. The molecule has 19 heavy (non-hydrogen) atoms. The third-order valence-electron chi connectivity index (χ3n) is 4.20. The zero-order chi connectivity index (χ0) is 13.1. The number of benzene rings is 1. The van der Waals surface area contributed by atoms with Crippen LogP contribution in [0.15, 0.2) is 24.3 Å². The minimum Gasteiger partial charge on any atom is -0.384 e. The smallest absolute Gasteiger partial charge is 0.0343 e. The minimum absolute atomic E-state index is 1.01. The van der Waals surface area contributed by atoms with E-state index in [9.17, 15) is 0 Å². The average molecular weight is 258 g/mol. The van der Waals surface area contributed by atoms with Gasteiger partial charge in [-0.3, -0.25) is 0 Å². The highest BCUT2D eigenvalue weighted by Crippen LogP contribution is 2.33. The van der Waals surface area contributed by atoms with Gasteiger partial charge >= 0.3 is 0 Å². The molecule has 2 aliphatic rings. The van der Waals surface area contributed by atoms with Crippen molar-refractivity contribution >= 4 is 5.69 Å². The Labute approximate surface area is 117 Å². The second kappa shape index (κ2) is 5.96. The third-order valence-corrected chi connectivity index (χ3v) is 4.20. The summed E-state index contributed by atoms with van der Waals surface area (Å²) in [7, 11) is 0. The van der Waals surface area contributed by atoms with Gasteiger partial charge in [-0.05, 0) is 62.1 Å². The third kappa shape index (κ3) is 4.54. The van der Waals surface area contributed by atoms with Crippen LogP contribution in [0.25, 0.3) is 0 Å². The molecule has 1 aromatic rings. The fraction of sp³-hybridized carbons (Fsp3) is 0.647. The number of rotatable bonds is 8. The Balaban J connectivity index is 1.42. The van der Waals surface area contributed by atoms with E-state index < -0.39 is 0 Å². The first kappa shape index (κ1) is 13.0. The first-order chi connectivity index (χ1) is 9.29. The van der Waals surface area contributed by atoms with E-state index in [-0.39, 0.29) is 0 Å². The van der Waals surface area contributed by atoms with Crippen molar-refractivity contribution in [2.45, 2.75) is 32.6 Å². The second-order valence-corrected chi connectivity index (χ2v) is 6.44. The molecule has 0 bridgehead atoms. The largest absolute Gasteiger partial charge is 0.384 e. The van der Waals surface area contributed by atoms with Crippen LogP contribution < -0.4 is 5.32 Å². The summed E-state index contributed by atoms with van der Waals surface area (Å²) < 4.78 is 0. The highest BCUT2D eigenvalue weighted by atomic mass is 15.1. The van der Waals surface area contributed by atoms with Crippen LogP contribution in [0.2, 0.25) is 0 Å². The van der Waals surface area contributed by atoms with Crippen LogP contribution in [0.5, 0.6) is 0 Å². The van der Waals surface area contributed by atoms with E-state index in [1.165, 1.54) is 56.6 Å². The second-order valence-electron chi connectivity index (χ2n) is 6.44. The van der Waals surface area contributed by atoms with Gasteiger partial charge in [0.25, 0.3) is 0 Å². The van der Waals surface area contributed by atoms with Crippen LogP contribution in [0.4, 0.5) is 5.69 Å². The predicted molar refractivity (Wildman–Crippen MR) is 81.6 cm³/mol. The number of hydrogen-bond acceptors (Lipinski definition) is 2. The van der Waals surface area contributed by atoms with Crippen LogP contribution in [0.1, 0.15) is 31.2 Å². The fourth-order valence-electron chi connectivity index (χ4n) is 2.70. The maximum Gasteiger partial charge on any atom is 0.0343 e. The van der Waals surface area contributed by atoms with Crippen LogP contribution in [0.3, 0.4) is 0 Å². The summed E-state index contributed by atoms with van der Waals surface area (Å²) in [4.78, 5) is 2.69. The molecule has 0 amide bonds. The molecule has 2 fully saturated rings. The van der Waals surface area contributed by atoms with Crippen molar-refractivity contribution in [1.29, 1.82) is 0 Å². The summed E-state index contributed by atoms with van der Waals surface area (Å²) >= 11 is 0. The topological polar surface area (TPSA) is 15.3 Å². The maximum atomic E-state index is 3.56. The maximum absolute atomic E-state index is 3.56. The summed E-state index contributed by atoms with van der Waals surface area (Å²) in [6, 6.07) is 8.67. The SMILES string of the molecule is Cc1cccc(NCCN(CC2CC2)CC2CC2)c1. The standard InChI is InChI=1S/C17H26N2/c1-14-3-2-4-17(11-14)18-9-10-19(12-15-5-6-15)13-16-7-8-16/h2-4,11,15-16,18H,5-10,12-13H2,1H3. The molecular weight excluding hydrogens is 232 g/mol. The number of hydrogen-bond donors (Lipinski definition) is 1. The Bertz CT molecular complexity index is 393. The molecule has 104 valence electrons. The number of nitrogens with one attached hydrogen (secondary N) is 1. The van der Waals surface area contributed by atoms with Gasteiger partial charge in [-0.15, -0.1) is 0 Å². The van der Waals surface area contributed by atoms with Crippen LogP contribution in [-0.4, -0.2) is 31.1 Å². The lowest BCUT2D eigenvalue weighted by molar-refractivity contribution is 0.262. The van der Waals surface area contributed by atoms with Crippen molar-refractivity contribution in [3.63, 3.8) is 0 Å². The molecule has 2 aliphatic carbocycles. The van der Waals surface area contributed by atoms with Gasteiger partial charge in [0.2, 0.25) is 0 Å². The summed E-state index contributed by atoms with van der Waals surface area (Å²) in [5, 5.41) is 3.56. The van der Waals surface area contributed by atoms with E-state index in [0.29, 0.717) is 0 Å². The lowest BCUT2D eigenvalue weighted by atomic mass is 10.2. The van der Waals surface area contributed by atoms with Crippen LogP contribution in [0, 0.1) is 18.8 Å². The van der Waals surface area contributed by atoms with Crippen LogP contribution in [-0.2, 0) is 0 Å². The lowest BCUT2D eigenvalue weighted by Crippen LogP contribution is -2.32.